The fourth-order valence-corrected chi connectivity index (χ4v) is 5.13. The van der Waals surface area contributed by atoms with Gasteiger partial charge in [-0.3, -0.25) is 10.00 Å². The summed E-state index contributed by atoms with van der Waals surface area (Å²) in [5, 5.41) is 20.2. The summed E-state index contributed by atoms with van der Waals surface area (Å²) in [4.78, 5) is 11.9. The third-order valence-electron chi connectivity index (χ3n) is 6.41. The summed E-state index contributed by atoms with van der Waals surface area (Å²) in [6, 6.07) is 7.73. The summed E-state index contributed by atoms with van der Waals surface area (Å²) in [6.45, 7) is 2.84. The van der Waals surface area contributed by atoms with Crippen LogP contribution in [0.25, 0.3) is 11.0 Å². The van der Waals surface area contributed by atoms with Crippen LogP contribution in [0.1, 0.15) is 43.8 Å². The van der Waals surface area contributed by atoms with Crippen molar-refractivity contribution in [2.75, 3.05) is 19.0 Å². The second kappa shape index (κ2) is 7.61. The zero-order valence-electron chi connectivity index (χ0n) is 17.3. The van der Waals surface area contributed by atoms with Crippen LogP contribution in [0.15, 0.2) is 18.3 Å². The van der Waals surface area contributed by atoms with Crippen LogP contribution in [0.5, 0.6) is 5.88 Å². The van der Waals surface area contributed by atoms with Crippen LogP contribution in [0.4, 0.5) is 11.8 Å². The van der Waals surface area contributed by atoms with Crippen LogP contribution in [0, 0.1) is 18.3 Å². The van der Waals surface area contributed by atoms with Gasteiger partial charge in [0.25, 0.3) is 0 Å². The topological polar surface area (TPSA) is 108 Å². The quantitative estimate of drug-likeness (QED) is 0.647. The predicted molar refractivity (Wildman–Crippen MR) is 113 cm³/mol. The Morgan fingerprint density at radius 1 is 1.27 bits per heavy atom. The van der Waals surface area contributed by atoms with Gasteiger partial charge in [-0.1, -0.05) is 0 Å². The number of hydrogen-bond acceptors (Lipinski definition) is 7. The molecule has 2 fully saturated rings. The number of nitrogens with one attached hydrogen (secondary N) is 2. The van der Waals surface area contributed by atoms with Crippen LogP contribution >= 0.6 is 0 Å². The smallest absolute Gasteiger partial charge is 0.233 e. The molecule has 2 aliphatic heterocycles. The first kappa shape index (κ1) is 18.9. The minimum absolute atomic E-state index is 0.387. The Labute approximate surface area is 175 Å². The number of fused-ring (bicyclic) bond motifs is 3. The van der Waals surface area contributed by atoms with E-state index in [1.807, 2.05) is 19.1 Å². The van der Waals surface area contributed by atoms with Crippen molar-refractivity contribution in [3.63, 3.8) is 0 Å². The number of methoxy groups -OCH3 is 1. The molecule has 5 heterocycles. The number of nitriles is 1. The van der Waals surface area contributed by atoms with Gasteiger partial charge in [-0.25, -0.2) is 0 Å². The lowest BCUT2D eigenvalue weighted by Crippen LogP contribution is -2.43. The van der Waals surface area contributed by atoms with Gasteiger partial charge < -0.3 is 14.6 Å². The molecule has 2 N–H and O–H groups in total. The van der Waals surface area contributed by atoms with Crippen molar-refractivity contribution in [1.29, 1.82) is 5.26 Å². The largest absolute Gasteiger partial charge is 0.480 e. The molecular weight excluding hydrogens is 380 g/mol. The molecule has 0 saturated carbocycles. The molecule has 0 aliphatic carbocycles. The molecule has 9 heteroatoms. The van der Waals surface area contributed by atoms with E-state index in [9.17, 15) is 0 Å². The number of hydrogen-bond donors (Lipinski definition) is 2. The van der Waals surface area contributed by atoms with Crippen LogP contribution < -0.4 is 10.1 Å². The maximum absolute atomic E-state index is 8.97. The average Bonchev–Trinajstić information content (AvgIpc) is 3.41. The van der Waals surface area contributed by atoms with Crippen molar-refractivity contribution < 1.29 is 4.74 Å². The number of aromatic amines is 1. The number of nitrogens with zero attached hydrogens (tertiary/aromatic N) is 6. The van der Waals surface area contributed by atoms with Crippen molar-refractivity contribution in [1.82, 2.24) is 29.6 Å². The van der Waals surface area contributed by atoms with Gasteiger partial charge >= 0.3 is 0 Å². The van der Waals surface area contributed by atoms with Gasteiger partial charge in [-0.05, 0) is 38.7 Å². The van der Waals surface area contributed by atoms with E-state index in [-0.39, 0.29) is 0 Å². The molecule has 5 rings (SSSR count). The fourth-order valence-electron chi connectivity index (χ4n) is 5.13. The molecule has 0 aromatic carbocycles. The average molecular weight is 406 g/mol. The second-order valence-electron chi connectivity index (χ2n) is 8.23. The molecule has 3 aromatic rings. The normalized spacial score (nSPS) is 23.6. The van der Waals surface area contributed by atoms with Crippen LogP contribution in [-0.2, 0) is 0 Å². The summed E-state index contributed by atoms with van der Waals surface area (Å²) < 4.78 is 7.84. The third kappa shape index (κ3) is 3.27. The zero-order valence-corrected chi connectivity index (χ0v) is 17.3. The number of ether oxygens (including phenoxy) is 1. The summed E-state index contributed by atoms with van der Waals surface area (Å²) >= 11 is 0. The highest BCUT2D eigenvalue weighted by Crippen LogP contribution is 2.42. The Bertz CT molecular complexity index is 1080. The lowest BCUT2D eigenvalue weighted by molar-refractivity contribution is 0.111. The van der Waals surface area contributed by atoms with E-state index in [1.165, 1.54) is 12.8 Å². The molecule has 2 saturated heterocycles. The van der Waals surface area contributed by atoms with E-state index in [4.69, 9.17) is 15.0 Å². The van der Waals surface area contributed by atoms with Crippen LogP contribution in [0.2, 0.25) is 0 Å². The van der Waals surface area contributed by atoms with Gasteiger partial charge in [0.05, 0.1) is 18.6 Å². The molecule has 2 bridgehead atoms. The highest BCUT2D eigenvalue weighted by molar-refractivity contribution is 5.83. The first-order valence-electron chi connectivity index (χ1n) is 10.5. The summed E-state index contributed by atoms with van der Waals surface area (Å²) in [5.41, 5.74) is 1.85. The van der Waals surface area contributed by atoms with Gasteiger partial charge in [0.15, 0.2) is 5.82 Å². The number of anilines is 2. The predicted octanol–water partition coefficient (Wildman–Crippen LogP) is 3.30. The number of aromatic nitrogens is 5. The fraction of sp³-hybridized carbons (Fsp3) is 0.524. The Hall–Kier alpha value is -3.12. The summed E-state index contributed by atoms with van der Waals surface area (Å²) in [5.74, 6) is 1.71. The molecule has 30 heavy (non-hydrogen) atoms. The van der Waals surface area contributed by atoms with Gasteiger partial charge in [0, 0.05) is 49.0 Å². The first-order valence-corrected chi connectivity index (χ1v) is 10.5. The molecule has 2 aliphatic rings. The van der Waals surface area contributed by atoms with Crippen molar-refractivity contribution in [3.05, 3.63) is 24.0 Å². The molecule has 156 valence electrons. The SMILES string of the molecule is COc1nc(Nc2cc(C)[nH]n2)nc2c1ccn2[C@@H]1C[C@H]2CC[C@@H](C1)N2CCC#N. The Kier molecular flexibility index (Phi) is 4.79. The number of H-pyrrole nitrogens is 1. The molecule has 0 unspecified atom stereocenters. The minimum atomic E-state index is 0.387. The second-order valence-corrected chi connectivity index (χ2v) is 8.23. The van der Waals surface area contributed by atoms with E-state index in [1.54, 1.807) is 7.11 Å². The van der Waals surface area contributed by atoms with Gasteiger partial charge in [-0.15, -0.1) is 0 Å². The van der Waals surface area contributed by atoms with Gasteiger partial charge in [-0.2, -0.15) is 20.3 Å². The van der Waals surface area contributed by atoms with E-state index in [2.05, 4.69) is 42.2 Å². The standard InChI is InChI=1S/C21H26N8O/c1-13-10-18(27-26-13)23-21-24-19-17(20(25-21)30-2)6-9-29(19)16-11-14-4-5-15(12-16)28(14)8-3-7-22/h6,9-10,14-16H,3-5,8,11-12H2,1-2H3,(H2,23,24,25,26,27)/t14-,15+,16-. The van der Waals surface area contributed by atoms with E-state index in [0.29, 0.717) is 42.2 Å². The third-order valence-corrected chi connectivity index (χ3v) is 6.41. The maximum atomic E-state index is 8.97. The Morgan fingerprint density at radius 2 is 2.07 bits per heavy atom. The van der Waals surface area contributed by atoms with E-state index >= 15 is 0 Å². The molecule has 0 radical (unpaired) electrons. The molecule has 3 atom stereocenters. The summed E-state index contributed by atoms with van der Waals surface area (Å²) in [6.07, 6.45) is 7.32. The Morgan fingerprint density at radius 3 is 2.73 bits per heavy atom. The van der Waals surface area contributed by atoms with Crippen molar-refractivity contribution in [3.8, 4) is 11.9 Å². The lowest BCUT2D eigenvalue weighted by Gasteiger charge is -2.39. The highest BCUT2D eigenvalue weighted by Gasteiger charge is 2.41. The molecule has 0 amide bonds. The van der Waals surface area contributed by atoms with Gasteiger partial charge in [0.1, 0.15) is 5.65 Å². The van der Waals surface area contributed by atoms with E-state index < -0.39 is 0 Å². The zero-order chi connectivity index (χ0) is 20.7. The van der Waals surface area contributed by atoms with E-state index in [0.717, 1.165) is 36.1 Å². The Balaban J connectivity index is 1.45. The number of aryl methyl sites for hydroxylation is 1. The van der Waals surface area contributed by atoms with Crippen LogP contribution in [0.3, 0.4) is 0 Å². The molecule has 3 aromatic heterocycles. The monoisotopic (exact) mass is 406 g/mol. The lowest BCUT2D eigenvalue weighted by atomic mass is 9.97. The number of rotatable bonds is 6. The van der Waals surface area contributed by atoms with Crippen molar-refractivity contribution >= 4 is 22.8 Å². The van der Waals surface area contributed by atoms with Crippen molar-refractivity contribution in [2.45, 2.75) is 57.2 Å². The van der Waals surface area contributed by atoms with Gasteiger partial charge in [0.2, 0.25) is 11.8 Å². The summed E-state index contributed by atoms with van der Waals surface area (Å²) in [7, 11) is 1.63. The number of piperidine rings is 1. The molecular formula is C21H26N8O. The maximum Gasteiger partial charge on any atom is 0.233 e. The van der Waals surface area contributed by atoms with Crippen molar-refractivity contribution in [2.24, 2.45) is 0 Å². The first-order chi connectivity index (χ1) is 14.7. The highest BCUT2D eigenvalue weighted by atomic mass is 16.5. The minimum Gasteiger partial charge on any atom is -0.480 e. The molecule has 9 nitrogen and oxygen atoms in total. The van der Waals surface area contributed by atoms with Crippen LogP contribution in [-0.4, -0.2) is 55.4 Å². The molecule has 0 spiro atoms.